The van der Waals surface area contributed by atoms with Gasteiger partial charge in [0.05, 0.1) is 5.56 Å². The number of anilines is 1. The Kier molecular flexibility index (Phi) is 4.24. The molecule has 0 aliphatic carbocycles. The van der Waals surface area contributed by atoms with Crippen molar-refractivity contribution >= 4 is 17.5 Å². The minimum atomic E-state index is -0.665. The molecule has 1 aliphatic heterocycles. The third-order valence-corrected chi connectivity index (χ3v) is 4.82. The van der Waals surface area contributed by atoms with Crippen LogP contribution in [0.15, 0.2) is 55.1 Å². The molecule has 1 amide bonds. The average Bonchev–Trinajstić information content (AvgIpc) is 2.73. The van der Waals surface area contributed by atoms with Gasteiger partial charge in [0.25, 0.3) is 5.91 Å². The van der Waals surface area contributed by atoms with Gasteiger partial charge in [-0.25, -0.2) is 9.97 Å². The smallest absolute Gasteiger partial charge is 0.262 e. The number of pyridine rings is 1. The van der Waals surface area contributed by atoms with E-state index in [2.05, 4.69) is 34.0 Å². The number of fused-ring (bicyclic) bond motifs is 1. The first-order valence-corrected chi connectivity index (χ1v) is 8.83. The molecule has 0 fully saturated rings. The van der Waals surface area contributed by atoms with Crippen molar-refractivity contribution in [3.63, 3.8) is 0 Å². The maximum absolute atomic E-state index is 13.2. The van der Waals surface area contributed by atoms with Gasteiger partial charge in [-0.15, -0.1) is 0 Å². The van der Waals surface area contributed by atoms with Crippen molar-refractivity contribution in [2.24, 2.45) is 0 Å². The first-order chi connectivity index (χ1) is 13.1. The number of amides is 1. The van der Waals surface area contributed by atoms with Gasteiger partial charge in [0.15, 0.2) is 0 Å². The predicted octanol–water partition coefficient (Wildman–Crippen LogP) is 3.33. The molecule has 134 valence electrons. The highest BCUT2D eigenvalue weighted by atomic mass is 16.2. The Labute approximate surface area is 156 Å². The van der Waals surface area contributed by atoms with Crippen LogP contribution in [0.25, 0.3) is 11.1 Å². The molecule has 4 rings (SSSR count). The topological polar surface area (TPSA) is 76.1 Å². The molecule has 6 heteroatoms. The zero-order chi connectivity index (χ0) is 19.0. The fraction of sp³-hybridized carbons (Fsp3) is 0.190. The Bertz CT molecular complexity index is 1030. The van der Waals surface area contributed by atoms with Crippen LogP contribution in [0.5, 0.6) is 0 Å². The molecule has 1 atom stereocenters. The van der Waals surface area contributed by atoms with E-state index in [0.717, 1.165) is 17.5 Å². The zero-order valence-electron chi connectivity index (χ0n) is 15.1. The van der Waals surface area contributed by atoms with Crippen LogP contribution < -0.4 is 4.90 Å². The molecular weight excluding hydrogens is 340 g/mol. The van der Waals surface area contributed by atoms with Crippen LogP contribution in [0, 0.1) is 0 Å². The van der Waals surface area contributed by atoms with E-state index in [0.29, 0.717) is 11.4 Å². The molecule has 0 N–H and O–H groups in total. The molecule has 0 radical (unpaired) electrons. The van der Waals surface area contributed by atoms with Gasteiger partial charge >= 0.3 is 0 Å². The number of aryl methyl sites for hydroxylation is 1. The lowest BCUT2D eigenvalue weighted by Crippen LogP contribution is -2.49. The molecule has 1 unspecified atom stereocenters. The quantitative estimate of drug-likeness (QED) is 0.718. The lowest BCUT2D eigenvalue weighted by molar-refractivity contribution is 0.0871. The molecule has 1 aromatic carbocycles. The van der Waals surface area contributed by atoms with Crippen molar-refractivity contribution in [2.45, 2.75) is 26.3 Å². The van der Waals surface area contributed by atoms with Gasteiger partial charge < -0.3 is 0 Å². The van der Waals surface area contributed by atoms with E-state index in [-0.39, 0.29) is 17.4 Å². The largest absolute Gasteiger partial charge is 0.290 e. The van der Waals surface area contributed by atoms with Crippen LogP contribution in [-0.2, 0) is 6.42 Å². The first-order valence-electron chi connectivity index (χ1n) is 8.83. The maximum Gasteiger partial charge on any atom is 0.262 e. The van der Waals surface area contributed by atoms with Crippen molar-refractivity contribution in [1.29, 1.82) is 0 Å². The number of hydrogen-bond donors (Lipinski definition) is 0. The summed E-state index contributed by atoms with van der Waals surface area (Å²) in [6.07, 6.45) is 5.49. The van der Waals surface area contributed by atoms with E-state index < -0.39 is 6.04 Å². The third kappa shape index (κ3) is 2.89. The van der Waals surface area contributed by atoms with Gasteiger partial charge in [-0.05, 0) is 36.6 Å². The summed E-state index contributed by atoms with van der Waals surface area (Å²) >= 11 is 0. The molecule has 6 nitrogen and oxygen atoms in total. The number of nitrogens with zero attached hydrogens (tertiary/aromatic N) is 4. The molecular formula is C21H18N4O2. The highest BCUT2D eigenvalue weighted by Gasteiger charge is 2.38. The molecule has 2 aromatic heterocycles. The van der Waals surface area contributed by atoms with Crippen LogP contribution in [-0.4, -0.2) is 32.7 Å². The molecule has 0 saturated heterocycles. The van der Waals surface area contributed by atoms with Crippen LogP contribution in [0.2, 0.25) is 0 Å². The maximum atomic E-state index is 13.2. The predicted molar refractivity (Wildman–Crippen MR) is 102 cm³/mol. The van der Waals surface area contributed by atoms with Crippen molar-refractivity contribution in [3.8, 4) is 11.1 Å². The number of Topliss-reactive ketones (excluding diaryl/α,β-unsaturated/α-hetero) is 1. The van der Waals surface area contributed by atoms with Crippen LogP contribution in [0.3, 0.4) is 0 Å². The fourth-order valence-corrected chi connectivity index (χ4v) is 3.30. The van der Waals surface area contributed by atoms with Gasteiger partial charge in [0, 0.05) is 18.0 Å². The Morgan fingerprint density at radius 2 is 1.93 bits per heavy atom. The summed E-state index contributed by atoms with van der Waals surface area (Å²) in [4.78, 5) is 39.7. The Morgan fingerprint density at radius 3 is 2.67 bits per heavy atom. The minimum Gasteiger partial charge on any atom is -0.290 e. The van der Waals surface area contributed by atoms with Crippen LogP contribution >= 0.6 is 0 Å². The van der Waals surface area contributed by atoms with E-state index in [9.17, 15) is 9.59 Å². The van der Waals surface area contributed by atoms with Crippen molar-refractivity contribution in [2.75, 3.05) is 4.90 Å². The average molecular weight is 358 g/mol. The summed E-state index contributed by atoms with van der Waals surface area (Å²) in [6.45, 7) is 3.78. The van der Waals surface area contributed by atoms with Gasteiger partial charge in [-0.2, -0.15) is 0 Å². The zero-order valence-corrected chi connectivity index (χ0v) is 15.1. The van der Waals surface area contributed by atoms with Gasteiger partial charge in [-0.3, -0.25) is 19.5 Å². The van der Waals surface area contributed by atoms with E-state index >= 15 is 0 Å². The van der Waals surface area contributed by atoms with Crippen molar-refractivity contribution < 1.29 is 9.59 Å². The molecule has 0 saturated carbocycles. The minimum absolute atomic E-state index is 0.197. The SMILES string of the molecule is CCc1cccc(-c2cnc3c(c2)C(=O)N(c2ccncn2)C(C)C3=O)c1. The normalized spacial score (nSPS) is 16.4. The van der Waals surface area contributed by atoms with E-state index in [4.69, 9.17) is 0 Å². The summed E-state index contributed by atoms with van der Waals surface area (Å²) in [6, 6.07) is 10.8. The molecule has 1 aliphatic rings. The van der Waals surface area contributed by atoms with Crippen molar-refractivity contribution in [3.05, 3.63) is 71.9 Å². The molecule has 27 heavy (non-hydrogen) atoms. The number of carbonyl (C=O) groups is 2. The number of aromatic nitrogens is 3. The number of hydrogen-bond acceptors (Lipinski definition) is 5. The standard InChI is InChI=1S/C21H18N4O2/c1-3-14-5-4-6-15(9-14)16-10-17-19(23-11-16)20(26)13(2)25(21(17)27)18-7-8-22-12-24-18/h4-13H,3H2,1-2H3. The second-order valence-corrected chi connectivity index (χ2v) is 6.46. The molecule has 0 spiro atoms. The molecule has 3 heterocycles. The highest BCUT2D eigenvalue weighted by Crippen LogP contribution is 2.29. The highest BCUT2D eigenvalue weighted by molar-refractivity contribution is 6.21. The van der Waals surface area contributed by atoms with Crippen molar-refractivity contribution in [1.82, 2.24) is 15.0 Å². The molecule has 3 aromatic rings. The Morgan fingerprint density at radius 1 is 1.07 bits per heavy atom. The first kappa shape index (κ1) is 17.0. The third-order valence-electron chi connectivity index (χ3n) is 4.82. The van der Waals surface area contributed by atoms with Gasteiger partial charge in [0.1, 0.15) is 23.9 Å². The Balaban J connectivity index is 1.82. The monoisotopic (exact) mass is 358 g/mol. The van der Waals surface area contributed by atoms with Crippen LogP contribution in [0.4, 0.5) is 5.82 Å². The number of benzene rings is 1. The number of ketones is 1. The van der Waals surface area contributed by atoms with E-state index in [1.807, 2.05) is 12.1 Å². The lowest BCUT2D eigenvalue weighted by atomic mass is 9.94. The number of rotatable bonds is 3. The van der Waals surface area contributed by atoms with E-state index in [1.165, 1.54) is 16.8 Å². The second kappa shape index (κ2) is 6.72. The van der Waals surface area contributed by atoms with Gasteiger partial charge in [-0.1, -0.05) is 31.2 Å². The fourth-order valence-electron chi connectivity index (χ4n) is 3.30. The summed E-state index contributed by atoms with van der Waals surface area (Å²) in [5.74, 6) is -0.0752. The van der Waals surface area contributed by atoms with Gasteiger partial charge in [0.2, 0.25) is 5.78 Å². The Hall–Kier alpha value is -3.41. The summed E-state index contributed by atoms with van der Waals surface area (Å²) in [5, 5.41) is 0. The lowest BCUT2D eigenvalue weighted by Gasteiger charge is -2.32. The second-order valence-electron chi connectivity index (χ2n) is 6.46. The summed E-state index contributed by atoms with van der Waals surface area (Å²) in [5.41, 5.74) is 3.49. The summed E-state index contributed by atoms with van der Waals surface area (Å²) < 4.78 is 0. The molecule has 0 bridgehead atoms. The van der Waals surface area contributed by atoms with E-state index in [1.54, 1.807) is 31.5 Å². The summed E-state index contributed by atoms with van der Waals surface area (Å²) in [7, 11) is 0. The number of carbonyl (C=O) groups excluding carboxylic acids is 2. The van der Waals surface area contributed by atoms with Crippen LogP contribution in [0.1, 0.15) is 40.3 Å².